The first-order valence-corrected chi connectivity index (χ1v) is 12.5. The van der Waals surface area contributed by atoms with Crippen LogP contribution >= 0.6 is 0 Å². The first-order chi connectivity index (χ1) is 13.9. The summed E-state index contributed by atoms with van der Waals surface area (Å²) >= 11 is 0. The fourth-order valence-corrected chi connectivity index (χ4v) is 5.13. The highest BCUT2D eigenvalue weighted by molar-refractivity contribution is 7.93. The maximum atomic E-state index is 13.2. The zero-order valence-corrected chi connectivity index (χ0v) is 17.7. The summed E-state index contributed by atoms with van der Waals surface area (Å²) in [5.41, 5.74) is -0.826. The Bertz CT molecular complexity index is 1140. The third-order valence-corrected chi connectivity index (χ3v) is 7.28. The molecule has 0 bridgehead atoms. The van der Waals surface area contributed by atoms with Crippen LogP contribution in [-0.2, 0) is 26.0 Å². The Hall–Kier alpha value is -2.27. The third kappa shape index (κ3) is 5.07. The summed E-state index contributed by atoms with van der Waals surface area (Å²) in [4.78, 5) is 1.28. The molecule has 0 radical (unpaired) electrons. The summed E-state index contributed by atoms with van der Waals surface area (Å²) in [6.45, 7) is 1.20. The van der Waals surface area contributed by atoms with Crippen molar-refractivity contribution in [3.8, 4) is 0 Å². The van der Waals surface area contributed by atoms with Crippen molar-refractivity contribution in [2.24, 2.45) is 0 Å². The fourth-order valence-electron chi connectivity index (χ4n) is 3.28. The first kappa shape index (κ1) is 22.4. The largest absolute Gasteiger partial charge is 0.416 e. The number of hydrogen-bond acceptors (Lipinski definition) is 5. The van der Waals surface area contributed by atoms with Crippen LogP contribution in [0.15, 0.2) is 52.3 Å². The molecule has 0 unspecified atom stereocenters. The molecular weight excluding hydrogens is 441 g/mol. The number of hydrogen-bond donors (Lipinski definition) is 1. The van der Waals surface area contributed by atoms with Gasteiger partial charge in [-0.2, -0.15) is 13.2 Å². The number of rotatable bonds is 5. The Balaban J connectivity index is 2.05. The second kappa shape index (κ2) is 8.10. The van der Waals surface area contributed by atoms with Crippen LogP contribution in [0.25, 0.3) is 0 Å². The minimum atomic E-state index is -4.64. The smallest absolute Gasteiger partial charge is 0.370 e. The Labute approximate surface area is 173 Å². The van der Waals surface area contributed by atoms with Gasteiger partial charge in [0, 0.05) is 19.3 Å². The number of anilines is 2. The van der Waals surface area contributed by atoms with Crippen molar-refractivity contribution in [2.75, 3.05) is 29.0 Å². The van der Waals surface area contributed by atoms with E-state index in [4.69, 9.17) is 0 Å². The van der Waals surface area contributed by atoms with Gasteiger partial charge in [-0.1, -0.05) is 6.07 Å². The van der Waals surface area contributed by atoms with Gasteiger partial charge in [-0.25, -0.2) is 16.8 Å². The molecule has 30 heavy (non-hydrogen) atoms. The number of benzene rings is 2. The van der Waals surface area contributed by atoms with Gasteiger partial charge in [0.05, 0.1) is 26.7 Å². The summed E-state index contributed by atoms with van der Waals surface area (Å²) in [6.07, 6.45) is -1.01. The van der Waals surface area contributed by atoms with Crippen molar-refractivity contribution in [3.05, 3.63) is 48.0 Å². The lowest BCUT2D eigenvalue weighted by atomic mass is 10.1. The van der Waals surface area contributed by atoms with E-state index in [0.717, 1.165) is 43.7 Å². The van der Waals surface area contributed by atoms with Gasteiger partial charge >= 0.3 is 6.18 Å². The van der Waals surface area contributed by atoms with Crippen LogP contribution in [0.5, 0.6) is 0 Å². The van der Waals surface area contributed by atoms with Crippen molar-refractivity contribution in [2.45, 2.75) is 35.2 Å². The molecule has 1 aliphatic rings. The normalized spacial score (nSPS) is 15.8. The van der Waals surface area contributed by atoms with Gasteiger partial charge < -0.3 is 4.90 Å². The molecule has 1 heterocycles. The average molecular weight is 463 g/mol. The van der Waals surface area contributed by atoms with Gasteiger partial charge in [0.25, 0.3) is 10.0 Å². The van der Waals surface area contributed by atoms with Gasteiger partial charge in [0.15, 0.2) is 9.84 Å². The van der Waals surface area contributed by atoms with Gasteiger partial charge in [-0.15, -0.1) is 0 Å². The van der Waals surface area contributed by atoms with Gasteiger partial charge in [-0.3, -0.25) is 4.72 Å². The van der Waals surface area contributed by atoms with Crippen LogP contribution in [-0.4, -0.2) is 36.2 Å². The highest BCUT2D eigenvalue weighted by Gasteiger charge is 2.32. The zero-order valence-electron chi connectivity index (χ0n) is 16.1. The maximum absolute atomic E-state index is 13.2. The number of sulfonamides is 1. The summed E-state index contributed by atoms with van der Waals surface area (Å²) in [5, 5.41) is 0. The average Bonchev–Trinajstić information content (AvgIpc) is 2.67. The minimum Gasteiger partial charge on any atom is -0.370 e. The molecule has 164 valence electrons. The first-order valence-electron chi connectivity index (χ1n) is 9.17. The van der Waals surface area contributed by atoms with E-state index in [2.05, 4.69) is 4.72 Å². The van der Waals surface area contributed by atoms with E-state index in [0.29, 0.717) is 18.8 Å². The quantitative estimate of drug-likeness (QED) is 0.729. The van der Waals surface area contributed by atoms with Gasteiger partial charge in [0.1, 0.15) is 0 Å². The highest BCUT2D eigenvalue weighted by Crippen LogP contribution is 2.37. The van der Waals surface area contributed by atoms with E-state index >= 15 is 0 Å². The van der Waals surface area contributed by atoms with Crippen LogP contribution < -0.4 is 9.62 Å². The minimum absolute atomic E-state index is 0.198. The lowest BCUT2D eigenvalue weighted by Crippen LogP contribution is -2.30. The molecular formula is C19H21F3N2O4S2. The molecule has 2 aromatic carbocycles. The van der Waals surface area contributed by atoms with Crippen molar-refractivity contribution in [1.29, 1.82) is 0 Å². The van der Waals surface area contributed by atoms with E-state index in [1.54, 1.807) is 0 Å². The molecule has 1 aliphatic heterocycles. The molecule has 3 rings (SSSR count). The predicted molar refractivity (Wildman–Crippen MR) is 108 cm³/mol. The highest BCUT2D eigenvalue weighted by atomic mass is 32.2. The van der Waals surface area contributed by atoms with E-state index in [9.17, 15) is 30.0 Å². The monoisotopic (exact) mass is 462 g/mol. The molecule has 2 aromatic rings. The van der Waals surface area contributed by atoms with E-state index < -0.39 is 31.6 Å². The van der Waals surface area contributed by atoms with Crippen LogP contribution in [0.3, 0.4) is 0 Å². The molecule has 0 amide bonds. The molecule has 1 N–H and O–H groups in total. The fraction of sp³-hybridized carbons (Fsp3) is 0.368. The molecule has 0 aromatic heterocycles. The summed E-state index contributed by atoms with van der Waals surface area (Å²) in [5.74, 6) is 0. The molecule has 1 saturated heterocycles. The summed E-state index contributed by atoms with van der Waals surface area (Å²) < 4.78 is 91.1. The standard InChI is InChI=1S/C19H21F3N2O4S2/c1-29(25,26)15-6-5-7-16(13-15)30(27,28)23-17-12-14(19(20,21)22)8-9-18(17)24-10-3-2-4-11-24/h5-9,12-13,23H,2-4,10-11H2,1H3. The van der Waals surface area contributed by atoms with E-state index in [-0.39, 0.29) is 15.5 Å². The molecule has 11 heteroatoms. The number of halogens is 3. The lowest BCUT2D eigenvalue weighted by molar-refractivity contribution is -0.137. The van der Waals surface area contributed by atoms with Crippen LogP contribution in [0.4, 0.5) is 24.5 Å². The molecule has 0 atom stereocenters. The zero-order chi connectivity index (χ0) is 22.2. The Kier molecular flexibility index (Phi) is 6.06. The molecule has 1 fully saturated rings. The summed E-state index contributed by atoms with van der Waals surface area (Å²) in [6, 6.07) is 7.63. The third-order valence-electron chi connectivity index (χ3n) is 4.81. The maximum Gasteiger partial charge on any atom is 0.416 e. The Morgan fingerprint density at radius 1 is 0.900 bits per heavy atom. The van der Waals surface area contributed by atoms with Gasteiger partial charge in [-0.05, 0) is 55.7 Å². The topological polar surface area (TPSA) is 83.5 Å². The molecule has 0 saturated carbocycles. The van der Waals surface area contributed by atoms with Crippen molar-refractivity contribution in [3.63, 3.8) is 0 Å². The van der Waals surface area contributed by atoms with Crippen LogP contribution in [0, 0.1) is 0 Å². The molecule has 6 nitrogen and oxygen atoms in total. The van der Waals surface area contributed by atoms with Gasteiger partial charge in [0.2, 0.25) is 0 Å². The summed E-state index contributed by atoms with van der Waals surface area (Å²) in [7, 11) is -7.99. The number of nitrogens with zero attached hydrogens (tertiary/aromatic N) is 1. The molecule has 0 aliphatic carbocycles. The number of piperidine rings is 1. The molecule has 0 spiro atoms. The SMILES string of the molecule is CS(=O)(=O)c1cccc(S(=O)(=O)Nc2cc(C(F)(F)F)ccc2N2CCCCC2)c1. The van der Waals surface area contributed by atoms with Crippen molar-refractivity contribution in [1.82, 2.24) is 0 Å². The van der Waals surface area contributed by atoms with Crippen molar-refractivity contribution < 1.29 is 30.0 Å². The second-order valence-corrected chi connectivity index (χ2v) is 10.8. The number of alkyl halides is 3. The predicted octanol–water partition coefficient (Wildman–Crippen LogP) is 3.90. The Morgan fingerprint density at radius 3 is 2.13 bits per heavy atom. The lowest BCUT2D eigenvalue weighted by Gasteiger charge is -2.31. The van der Waals surface area contributed by atoms with E-state index in [1.807, 2.05) is 4.90 Å². The number of nitrogens with one attached hydrogen (secondary N) is 1. The van der Waals surface area contributed by atoms with Crippen molar-refractivity contribution >= 4 is 31.2 Å². The number of sulfone groups is 1. The second-order valence-electron chi connectivity index (χ2n) is 7.13. The Morgan fingerprint density at radius 2 is 1.53 bits per heavy atom. The van der Waals surface area contributed by atoms with Crippen LogP contribution in [0.2, 0.25) is 0 Å². The van der Waals surface area contributed by atoms with Crippen LogP contribution in [0.1, 0.15) is 24.8 Å². The van der Waals surface area contributed by atoms with E-state index in [1.165, 1.54) is 24.3 Å².